The monoisotopic (exact) mass is 360 g/mol. The number of benzene rings is 1. The van der Waals surface area contributed by atoms with E-state index < -0.39 is 10.0 Å². The van der Waals surface area contributed by atoms with Crippen LogP contribution in [0.15, 0.2) is 18.2 Å². The summed E-state index contributed by atoms with van der Waals surface area (Å²) in [5.74, 6) is 0.450. The molecule has 3 rings (SSSR count). The number of ether oxygens (including phenoxy) is 1. The molecule has 8 heteroatoms. The molecule has 0 aliphatic heterocycles. The van der Waals surface area contributed by atoms with Crippen molar-refractivity contribution < 1.29 is 13.2 Å². The Kier molecular flexibility index (Phi) is 4.16. The molecule has 7 nitrogen and oxygen atoms in total. The van der Waals surface area contributed by atoms with E-state index in [-0.39, 0.29) is 0 Å². The van der Waals surface area contributed by atoms with Gasteiger partial charge in [-0.3, -0.25) is 9.82 Å². The molecule has 0 spiro atoms. The van der Waals surface area contributed by atoms with Crippen LogP contribution in [0.3, 0.4) is 0 Å². The topological polar surface area (TPSA) is 97.0 Å². The molecule has 0 radical (unpaired) electrons. The van der Waals surface area contributed by atoms with E-state index in [2.05, 4.69) is 14.9 Å². The number of aryl methyl sites for hydroxylation is 3. The summed E-state index contributed by atoms with van der Waals surface area (Å²) in [6.45, 7) is 5.85. The van der Waals surface area contributed by atoms with Crippen LogP contribution in [-0.4, -0.2) is 37.0 Å². The van der Waals surface area contributed by atoms with Crippen molar-refractivity contribution in [2.24, 2.45) is 0 Å². The van der Waals surface area contributed by atoms with Crippen LogP contribution in [0.25, 0.3) is 22.2 Å². The molecule has 0 saturated carbocycles. The first-order chi connectivity index (χ1) is 11.7. The van der Waals surface area contributed by atoms with Crippen LogP contribution >= 0.6 is 0 Å². The molecule has 2 aromatic heterocycles. The third-order valence-corrected chi connectivity index (χ3v) is 4.61. The minimum Gasteiger partial charge on any atom is -0.495 e. The van der Waals surface area contributed by atoms with Gasteiger partial charge in [0, 0.05) is 16.6 Å². The molecule has 3 aromatic rings. The van der Waals surface area contributed by atoms with Gasteiger partial charge < -0.3 is 4.74 Å². The zero-order valence-electron chi connectivity index (χ0n) is 14.8. The predicted octanol–water partition coefficient (Wildman–Crippen LogP) is 2.93. The zero-order chi connectivity index (χ0) is 18.4. The van der Waals surface area contributed by atoms with Crippen LogP contribution in [0, 0.1) is 20.8 Å². The number of H-pyrrole nitrogens is 1. The minimum atomic E-state index is -3.43. The van der Waals surface area contributed by atoms with Crippen LogP contribution in [0.4, 0.5) is 5.69 Å². The average molecular weight is 360 g/mol. The van der Waals surface area contributed by atoms with Crippen LogP contribution in [0.1, 0.15) is 17.0 Å². The molecule has 132 valence electrons. The Morgan fingerprint density at radius 1 is 1.16 bits per heavy atom. The van der Waals surface area contributed by atoms with E-state index in [9.17, 15) is 8.42 Å². The van der Waals surface area contributed by atoms with Crippen molar-refractivity contribution in [1.82, 2.24) is 15.2 Å². The molecule has 0 unspecified atom stereocenters. The summed E-state index contributed by atoms with van der Waals surface area (Å²) in [6.07, 6.45) is 1.10. The van der Waals surface area contributed by atoms with Gasteiger partial charge in [0.25, 0.3) is 0 Å². The number of aromatic amines is 1. The maximum atomic E-state index is 11.6. The van der Waals surface area contributed by atoms with Gasteiger partial charge in [-0.15, -0.1) is 0 Å². The lowest BCUT2D eigenvalue weighted by Crippen LogP contribution is -2.10. The zero-order valence-corrected chi connectivity index (χ0v) is 15.6. The van der Waals surface area contributed by atoms with E-state index in [4.69, 9.17) is 9.72 Å². The molecular weight excluding hydrogens is 340 g/mol. The molecule has 0 aliphatic carbocycles. The molecule has 0 aliphatic rings. The first-order valence-electron chi connectivity index (χ1n) is 7.68. The van der Waals surface area contributed by atoms with Gasteiger partial charge in [-0.2, -0.15) is 5.10 Å². The number of aromatic nitrogens is 3. The second kappa shape index (κ2) is 6.03. The number of pyridine rings is 1. The molecule has 0 atom stereocenters. The molecule has 2 heterocycles. The highest BCUT2D eigenvalue weighted by Gasteiger charge is 2.16. The molecule has 0 amide bonds. The maximum absolute atomic E-state index is 11.6. The van der Waals surface area contributed by atoms with Crippen LogP contribution in [-0.2, 0) is 10.0 Å². The fourth-order valence-electron chi connectivity index (χ4n) is 2.93. The highest BCUT2D eigenvalue weighted by Crippen LogP contribution is 2.34. The van der Waals surface area contributed by atoms with E-state index in [1.165, 1.54) is 7.11 Å². The van der Waals surface area contributed by atoms with Crippen molar-refractivity contribution in [3.8, 4) is 17.0 Å². The number of hydrogen-bond donors (Lipinski definition) is 2. The number of rotatable bonds is 4. The highest BCUT2D eigenvalue weighted by atomic mass is 32.2. The van der Waals surface area contributed by atoms with Crippen LogP contribution < -0.4 is 9.46 Å². The summed E-state index contributed by atoms with van der Waals surface area (Å²) in [4.78, 5) is 4.72. The quantitative estimate of drug-likeness (QED) is 0.745. The molecule has 0 saturated heterocycles. The molecule has 0 fully saturated rings. The van der Waals surface area contributed by atoms with Crippen LogP contribution in [0.5, 0.6) is 5.75 Å². The van der Waals surface area contributed by atoms with Gasteiger partial charge in [0.2, 0.25) is 10.0 Å². The first-order valence-corrected chi connectivity index (χ1v) is 9.58. The largest absolute Gasteiger partial charge is 0.495 e. The Morgan fingerprint density at radius 3 is 2.44 bits per heavy atom. The number of fused-ring (bicyclic) bond motifs is 1. The molecule has 0 bridgehead atoms. The van der Waals surface area contributed by atoms with Crippen molar-refractivity contribution >= 4 is 26.6 Å². The van der Waals surface area contributed by atoms with Gasteiger partial charge in [0.1, 0.15) is 5.75 Å². The summed E-state index contributed by atoms with van der Waals surface area (Å²) in [7, 11) is -1.92. The van der Waals surface area contributed by atoms with Crippen LogP contribution in [0.2, 0.25) is 0 Å². The number of anilines is 1. The Balaban J connectivity index is 2.26. The minimum absolute atomic E-state index is 0.363. The van der Waals surface area contributed by atoms with Crippen molar-refractivity contribution in [1.29, 1.82) is 0 Å². The SMILES string of the molecule is COc1cc2c(C)cc(-c3c(C)n[nH]c3C)nc2cc1NS(C)(=O)=O. The number of nitrogens with one attached hydrogen (secondary N) is 2. The Bertz CT molecular complexity index is 1050. The second-order valence-electron chi connectivity index (χ2n) is 6.08. The van der Waals surface area contributed by atoms with Gasteiger partial charge in [0.15, 0.2) is 0 Å². The number of nitrogens with zero attached hydrogens (tertiary/aromatic N) is 2. The molecule has 1 aromatic carbocycles. The van der Waals surface area contributed by atoms with E-state index in [1.807, 2.05) is 26.8 Å². The van der Waals surface area contributed by atoms with E-state index in [0.717, 1.165) is 39.9 Å². The molecular formula is C17H20N4O3S. The molecule has 2 N–H and O–H groups in total. The van der Waals surface area contributed by atoms with Crippen molar-refractivity contribution in [2.45, 2.75) is 20.8 Å². The third-order valence-electron chi connectivity index (χ3n) is 4.02. The fraction of sp³-hybridized carbons (Fsp3) is 0.294. The Hall–Kier alpha value is -2.61. The number of methoxy groups -OCH3 is 1. The number of sulfonamides is 1. The highest BCUT2D eigenvalue weighted by molar-refractivity contribution is 7.92. The fourth-order valence-corrected chi connectivity index (χ4v) is 3.49. The third kappa shape index (κ3) is 3.30. The van der Waals surface area contributed by atoms with E-state index >= 15 is 0 Å². The Labute approximate surface area is 146 Å². The van der Waals surface area contributed by atoms with Crippen molar-refractivity contribution in [2.75, 3.05) is 18.1 Å². The second-order valence-corrected chi connectivity index (χ2v) is 7.83. The molecule has 25 heavy (non-hydrogen) atoms. The number of hydrogen-bond acceptors (Lipinski definition) is 5. The summed E-state index contributed by atoms with van der Waals surface area (Å²) >= 11 is 0. The Morgan fingerprint density at radius 2 is 1.88 bits per heavy atom. The predicted molar refractivity (Wildman–Crippen MR) is 98.6 cm³/mol. The summed E-state index contributed by atoms with van der Waals surface area (Å²) in [6, 6.07) is 5.48. The van der Waals surface area contributed by atoms with Gasteiger partial charge in [-0.25, -0.2) is 13.4 Å². The lowest BCUT2D eigenvalue weighted by atomic mass is 10.0. The summed E-state index contributed by atoms with van der Waals surface area (Å²) in [5.41, 5.74) is 5.62. The lowest BCUT2D eigenvalue weighted by Gasteiger charge is -2.13. The summed E-state index contributed by atoms with van der Waals surface area (Å²) < 4.78 is 31.0. The smallest absolute Gasteiger partial charge is 0.229 e. The average Bonchev–Trinajstić information content (AvgIpc) is 2.84. The maximum Gasteiger partial charge on any atom is 0.229 e. The van der Waals surface area contributed by atoms with Gasteiger partial charge in [0.05, 0.1) is 36.0 Å². The first kappa shape index (κ1) is 17.2. The van der Waals surface area contributed by atoms with Crippen molar-refractivity contribution in [3.63, 3.8) is 0 Å². The van der Waals surface area contributed by atoms with Crippen molar-refractivity contribution in [3.05, 3.63) is 35.2 Å². The standard InChI is InChI=1S/C17H20N4O3S/c1-9-6-15(17-10(2)19-20-11(17)3)18-13-8-14(21-25(5,22)23)16(24-4)7-12(9)13/h6-8,21H,1-5H3,(H,19,20). The summed E-state index contributed by atoms with van der Waals surface area (Å²) in [5, 5.41) is 8.08. The van der Waals surface area contributed by atoms with E-state index in [1.54, 1.807) is 12.1 Å². The van der Waals surface area contributed by atoms with Gasteiger partial charge in [-0.1, -0.05) is 0 Å². The van der Waals surface area contributed by atoms with Gasteiger partial charge in [-0.05, 0) is 44.5 Å². The lowest BCUT2D eigenvalue weighted by molar-refractivity contribution is 0.417. The van der Waals surface area contributed by atoms with Gasteiger partial charge >= 0.3 is 0 Å². The normalized spacial score (nSPS) is 11.7. The van der Waals surface area contributed by atoms with E-state index in [0.29, 0.717) is 17.0 Å².